The monoisotopic (exact) mass is 462 g/mol. The Morgan fingerprint density at radius 3 is 2.26 bits per heavy atom. The van der Waals surface area contributed by atoms with Gasteiger partial charge in [0, 0.05) is 24.7 Å². The number of ether oxygens (including phenoxy) is 1. The van der Waals surface area contributed by atoms with Gasteiger partial charge in [0.2, 0.25) is 0 Å². The molecule has 4 nitrogen and oxygen atoms in total. The first-order valence-electron chi connectivity index (χ1n) is 12.2. The minimum absolute atomic E-state index is 0.0433. The summed E-state index contributed by atoms with van der Waals surface area (Å²) in [5, 5.41) is 6.69. The van der Waals surface area contributed by atoms with E-state index in [0.717, 1.165) is 42.9 Å². The zero-order valence-electron chi connectivity index (χ0n) is 19.7. The molecule has 0 saturated heterocycles. The standard InChI is InChI=1S/C31H30N2O2/c34-31(32-21-20-23-12-17-28(18-13-23)35-27-7-2-1-3-8-27)26-14-10-24(11-15-26)22-33-30-19-16-25-6-4-5-9-29(25)30/h1-15,17-18,30,33H,16,19-22H2,(H,32,34). The molecule has 176 valence electrons. The zero-order valence-corrected chi connectivity index (χ0v) is 19.7. The van der Waals surface area contributed by atoms with Crippen molar-refractivity contribution in [3.05, 3.63) is 131 Å². The molecule has 1 unspecified atom stereocenters. The highest BCUT2D eigenvalue weighted by atomic mass is 16.5. The third kappa shape index (κ3) is 5.97. The van der Waals surface area contributed by atoms with Crippen LogP contribution < -0.4 is 15.4 Å². The minimum Gasteiger partial charge on any atom is -0.457 e. The molecule has 1 aliphatic carbocycles. The first-order valence-corrected chi connectivity index (χ1v) is 12.2. The van der Waals surface area contributed by atoms with Gasteiger partial charge in [0.25, 0.3) is 5.91 Å². The van der Waals surface area contributed by atoms with Gasteiger partial charge in [-0.2, -0.15) is 0 Å². The summed E-state index contributed by atoms with van der Waals surface area (Å²) in [5.41, 5.74) is 5.89. The van der Waals surface area contributed by atoms with Crippen molar-refractivity contribution in [2.45, 2.75) is 31.8 Å². The van der Waals surface area contributed by atoms with E-state index in [9.17, 15) is 4.79 Å². The van der Waals surface area contributed by atoms with E-state index in [4.69, 9.17) is 4.74 Å². The van der Waals surface area contributed by atoms with Gasteiger partial charge in [0.05, 0.1) is 0 Å². The number of nitrogens with one attached hydrogen (secondary N) is 2. The van der Waals surface area contributed by atoms with Crippen molar-refractivity contribution in [1.82, 2.24) is 10.6 Å². The summed E-state index contributed by atoms with van der Waals surface area (Å²) < 4.78 is 5.83. The number of rotatable bonds is 9. The van der Waals surface area contributed by atoms with E-state index in [-0.39, 0.29) is 5.91 Å². The van der Waals surface area contributed by atoms with Crippen molar-refractivity contribution < 1.29 is 9.53 Å². The number of carbonyl (C=O) groups excluding carboxylic acids is 1. The molecular formula is C31H30N2O2. The molecule has 1 aliphatic rings. The molecule has 0 radical (unpaired) electrons. The van der Waals surface area contributed by atoms with Crippen molar-refractivity contribution in [1.29, 1.82) is 0 Å². The van der Waals surface area contributed by atoms with Crippen molar-refractivity contribution in [2.75, 3.05) is 6.54 Å². The van der Waals surface area contributed by atoms with Gasteiger partial charge in [-0.25, -0.2) is 0 Å². The quantitative estimate of drug-likeness (QED) is 0.310. The van der Waals surface area contributed by atoms with Crippen LogP contribution >= 0.6 is 0 Å². The maximum Gasteiger partial charge on any atom is 0.251 e. The summed E-state index contributed by atoms with van der Waals surface area (Å²) in [5.74, 6) is 1.58. The fourth-order valence-corrected chi connectivity index (χ4v) is 4.56. The van der Waals surface area contributed by atoms with Crippen LogP contribution in [-0.4, -0.2) is 12.5 Å². The maximum absolute atomic E-state index is 12.6. The average Bonchev–Trinajstić information content (AvgIpc) is 3.32. The number of benzene rings is 4. The first-order chi connectivity index (χ1) is 17.2. The van der Waals surface area contributed by atoms with E-state index in [1.54, 1.807) is 0 Å². The molecule has 35 heavy (non-hydrogen) atoms. The second-order valence-electron chi connectivity index (χ2n) is 8.93. The fraction of sp³-hybridized carbons (Fsp3) is 0.194. The van der Waals surface area contributed by atoms with Gasteiger partial charge in [-0.1, -0.05) is 66.7 Å². The lowest BCUT2D eigenvalue weighted by atomic mass is 10.1. The van der Waals surface area contributed by atoms with E-state index in [2.05, 4.69) is 34.9 Å². The van der Waals surface area contributed by atoms with Crippen LogP contribution in [0.5, 0.6) is 11.5 Å². The van der Waals surface area contributed by atoms with Crippen LogP contribution in [0.3, 0.4) is 0 Å². The molecule has 0 spiro atoms. The molecule has 0 aliphatic heterocycles. The molecule has 1 atom stereocenters. The minimum atomic E-state index is -0.0433. The van der Waals surface area contributed by atoms with Gasteiger partial charge in [-0.3, -0.25) is 4.79 Å². The number of hydrogen-bond donors (Lipinski definition) is 2. The normalized spacial score (nSPS) is 14.3. The molecule has 0 aromatic heterocycles. The Bertz CT molecular complexity index is 1250. The van der Waals surface area contributed by atoms with Gasteiger partial charge < -0.3 is 15.4 Å². The lowest BCUT2D eigenvalue weighted by Gasteiger charge is -2.14. The van der Waals surface area contributed by atoms with Crippen molar-refractivity contribution in [2.24, 2.45) is 0 Å². The molecule has 0 bridgehead atoms. The Kier molecular flexibility index (Phi) is 7.21. The molecule has 0 fully saturated rings. The molecule has 1 amide bonds. The summed E-state index contributed by atoms with van der Waals surface area (Å²) in [4.78, 5) is 12.6. The molecule has 4 aromatic rings. The van der Waals surface area contributed by atoms with Crippen LogP contribution in [0, 0.1) is 0 Å². The predicted molar refractivity (Wildman–Crippen MR) is 140 cm³/mol. The Hall–Kier alpha value is -3.89. The average molecular weight is 463 g/mol. The molecule has 0 heterocycles. The summed E-state index contributed by atoms with van der Waals surface area (Å²) in [6.45, 7) is 1.38. The van der Waals surface area contributed by atoms with Crippen LogP contribution in [-0.2, 0) is 19.4 Å². The largest absolute Gasteiger partial charge is 0.457 e. The Morgan fingerprint density at radius 2 is 1.46 bits per heavy atom. The number of aryl methyl sites for hydroxylation is 1. The fourth-order valence-electron chi connectivity index (χ4n) is 4.56. The summed E-state index contributed by atoms with van der Waals surface area (Å²) in [6.07, 6.45) is 3.05. The maximum atomic E-state index is 12.6. The Morgan fingerprint density at radius 1 is 0.771 bits per heavy atom. The third-order valence-electron chi connectivity index (χ3n) is 6.50. The van der Waals surface area contributed by atoms with E-state index in [0.29, 0.717) is 18.2 Å². The number of fused-ring (bicyclic) bond motifs is 1. The highest BCUT2D eigenvalue weighted by molar-refractivity contribution is 5.94. The molecule has 2 N–H and O–H groups in total. The molecule has 5 rings (SSSR count). The van der Waals surface area contributed by atoms with Crippen molar-refractivity contribution in [3.63, 3.8) is 0 Å². The van der Waals surface area contributed by atoms with E-state index < -0.39 is 0 Å². The molecule has 4 heteroatoms. The summed E-state index contributed by atoms with van der Waals surface area (Å²) in [7, 11) is 0. The number of carbonyl (C=O) groups is 1. The van der Waals surface area contributed by atoms with E-state index >= 15 is 0 Å². The highest BCUT2D eigenvalue weighted by Gasteiger charge is 2.21. The summed E-state index contributed by atoms with van der Waals surface area (Å²) in [6, 6.07) is 34.7. The SMILES string of the molecule is O=C(NCCc1ccc(Oc2ccccc2)cc1)c1ccc(CNC2CCc3ccccc32)cc1. The second-order valence-corrected chi connectivity index (χ2v) is 8.93. The zero-order chi connectivity index (χ0) is 23.9. The van der Waals surface area contributed by atoms with Crippen molar-refractivity contribution >= 4 is 5.91 Å². The third-order valence-corrected chi connectivity index (χ3v) is 6.50. The van der Waals surface area contributed by atoms with Gasteiger partial charge in [0.1, 0.15) is 11.5 Å². The summed E-state index contributed by atoms with van der Waals surface area (Å²) >= 11 is 0. The van der Waals surface area contributed by atoms with Gasteiger partial charge >= 0.3 is 0 Å². The van der Waals surface area contributed by atoms with Crippen LogP contribution in [0.4, 0.5) is 0 Å². The molecular weight excluding hydrogens is 432 g/mol. The predicted octanol–water partition coefficient (Wildman–Crippen LogP) is 6.23. The Labute approximate surface area is 207 Å². The van der Waals surface area contributed by atoms with Gasteiger partial charge in [-0.05, 0) is 77.9 Å². The van der Waals surface area contributed by atoms with Crippen molar-refractivity contribution in [3.8, 4) is 11.5 Å². The van der Waals surface area contributed by atoms with Crippen LogP contribution in [0.1, 0.15) is 45.1 Å². The van der Waals surface area contributed by atoms with Crippen LogP contribution in [0.25, 0.3) is 0 Å². The van der Waals surface area contributed by atoms with Crippen LogP contribution in [0.2, 0.25) is 0 Å². The molecule has 0 saturated carbocycles. The topological polar surface area (TPSA) is 50.4 Å². The smallest absolute Gasteiger partial charge is 0.251 e. The molecule has 4 aromatic carbocycles. The van der Waals surface area contributed by atoms with Crippen LogP contribution in [0.15, 0.2) is 103 Å². The number of amides is 1. The van der Waals surface area contributed by atoms with Gasteiger partial charge in [-0.15, -0.1) is 0 Å². The lowest BCUT2D eigenvalue weighted by Crippen LogP contribution is -2.25. The Balaban J connectivity index is 1.06. The number of hydrogen-bond acceptors (Lipinski definition) is 3. The lowest BCUT2D eigenvalue weighted by molar-refractivity contribution is 0.0954. The first kappa shape index (κ1) is 22.9. The number of para-hydroxylation sites is 1. The van der Waals surface area contributed by atoms with Gasteiger partial charge in [0.15, 0.2) is 0 Å². The highest BCUT2D eigenvalue weighted by Crippen LogP contribution is 2.30. The van der Waals surface area contributed by atoms with E-state index in [1.165, 1.54) is 16.7 Å². The second kappa shape index (κ2) is 11.0. The van der Waals surface area contributed by atoms with E-state index in [1.807, 2.05) is 78.9 Å².